The molecule has 0 aromatic heterocycles. The molecule has 2 atom stereocenters. The standard InChI is InChI=1S/C20H29N3O5/c1-4-10-21-19(26)17(24)15(12-14-8-6-5-7-9-14)22-18(25)16(11-13(2)3)23-20(27)28/h5-9,13,15-16,23H,4,10-12H2,1-3H3,(H,21,26)(H,22,25)(H,27,28). The lowest BCUT2D eigenvalue weighted by Crippen LogP contribution is -2.54. The van der Waals surface area contributed by atoms with Gasteiger partial charge in [0.1, 0.15) is 12.1 Å². The Morgan fingerprint density at radius 3 is 2.18 bits per heavy atom. The molecule has 0 aliphatic carbocycles. The predicted molar refractivity (Wildman–Crippen MR) is 105 cm³/mol. The van der Waals surface area contributed by atoms with Crippen LogP contribution in [0.3, 0.4) is 0 Å². The van der Waals surface area contributed by atoms with Crippen molar-refractivity contribution in [2.45, 2.75) is 52.1 Å². The number of nitrogens with one attached hydrogen (secondary N) is 3. The summed E-state index contributed by atoms with van der Waals surface area (Å²) in [5, 5.41) is 16.2. The van der Waals surface area contributed by atoms with Gasteiger partial charge >= 0.3 is 6.09 Å². The van der Waals surface area contributed by atoms with Crippen molar-refractivity contribution in [3.63, 3.8) is 0 Å². The first-order chi connectivity index (χ1) is 13.2. The molecular weight excluding hydrogens is 362 g/mol. The van der Waals surface area contributed by atoms with Gasteiger partial charge in [-0.2, -0.15) is 0 Å². The van der Waals surface area contributed by atoms with E-state index < -0.39 is 35.8 Å². The number of carbonyl (C=O) groups excluding carboxylic acids is 3. The van der Waals surface area contributed by atoms with Crippen LogP contribution in [0, 0.1) is 5.92 Å². The van der Waals surface area contributed by atoms with Gasteiger partial charge in [-0.05, 0) is 24.3 Å². The Morgan fingerprint density at radius 1 is 1.00 bits per heavy atom. The van der Waals surface area contributed by atoms with E-state index in [-0.39, 0.29) is 18.8 Å². The Labute approximate surface area is 165 Å². The minimum atomic E-state index is -1.33. The molecule has 0 saturated heterocycles. The maximum absolute atomic E-state index is 12.6. The number of rotatable bonds is 11. The molecule has 0 aliphatic heterocycles. The molecule has 0 saturated carbocycles. The number of carbonyl (C=O) groups is 4. The van der Waals surface area contributed by atoms with Gasteiger partial charge in [-0.15, -0.1) is 0 Å². The van der Waals surface area contributed by atoms with Gasteiger partial charge in [0.2, 0.25) is 11.7 Å². The van der Waals surface area contributed by atoms with E-state index in [0.29, 0.717) is 13.0 Å². The highest BCUT2D eigenvalue weighted by Crippen LogP contribution is 2.08. The van der Waals surface area contributed by atoms with Crippen molar-refractivity contribution in [3.8, 4) is 0 Å². The van der Waals surface area contributed by atoms with Gasteiger partial charge in [0.05, 0.1) is 0 Å². The van der Waals surface area contributed by atoms with Gasteiger partial charge in [0.25, 0.3) is 5.91 Å². The average Bonchev–Trinajstić information content (AvgIpc) is 2.64. The van der Waals surface area contributed by atoms with E-state index in [4.69, 9.17) is 5.11 Å². The van der Waals surface area contributed by atoms with Crippen LogP contribution in [0.15, 0.2) is 30.3 Å². The largest absolute Gasteiger partial charge is 0.465 e. The third-order valence-electron chi connectivity index (χ3n) is 4.00. The van der Waals surface area contributed by atoms with Crippen LogP contribution in [0.5, 0.6) is 0 Å². The van der Waals surface area contributed by atoms with Crippen LogP contribution < -0.4 is 16.0 Å². The third kappa shape index (κ3) is 8.20. The average molecular weight is 391 g/mol. The zero-order valence-electron chi connectivity index (χ0n) is 16.5. The van der Waals surface area contributed by atoms with Crippen LogP contribution >= 0.6 is 0 Å². The molecule has 8 nitrogen and oxygen atoms in total. The molecule has 0 aliphatic rings. The van der Waals surface area contributed by atoms with Crippen molar-refractivity contribution in [3.05, 3.63) is 35.9 Å². The molecular formula is C20H29N3O5. The Morgan fingerprint density at radius 2 is 1.64 bits per heavy atom. The Bertz CT molecular complexity index is 676. The van der Waals surface area contributed by atoms with Crippen LogP contribution in [0.2, 0.25) is 0 Å². The first-order valence-corrected chi connectivity index (χ1v) is 9.40. The molecule has 28 heavy (non-hydrogen) atoms. The molecule has 0 spiro atoms. The summed E-state index contributed by atoms with van der Waals surface area (Å²) in [6.07, 6.45) is -0.251. The van der Waals surface area contributed by atoms with E-state index in [2.05, 4.69) is 16.0 Å². The van der Waals surface area contributed by atoms with E-state index in [1.165, 1.54) is 0 Å². The van der Waals surface area contributed by atoms with Crippen molar-refractivity contribution < 1.29 is 24.3 Å². The number of Topliss-reactive ketones (excluding diaryl/α,β-unsaturated/α-hetero) is 1. The first kappa shape index (κ1) is 23.1. The lowest BCUT2D eigenvalue weighted by molar-refractivity contribution is -0.140. The second-order valence-electron chi connectivity index (χ2n) is 7.00. The van der Waals surface area contributed by atoms with Crippen LogP contribution in [-0.4, -0.2) is 47.4 Å². The number of hydrogen-bond donors (Lipinski definition) is 4. The number of benzene rings is 1. The van der Waals surface area contributed by atoms with Crippen molar-refractivity contribution in [1.82, 2.24) is 16.0 Å². The summed E-state index contributed by atoms with van der Waals surface area (Å²) in [5.74, 6) is -2.11. The van der Waals surface area contributed by atoms with Crippen molar-refractivity contribution in [1.29, 1.82) is 0 Å². The third-order valence-corrected chi connectivity index (χ3v) is 4.00. The molecule has 0 radical (unpaired) electrons. The van der Waals surface area contributed by atoms with E-state index in [9.17, 15) is 19.2 Å². The van der Waals surface area contributed by atoms with Crippen LogP contribution in [-0.2, 0) is 20.8 Å². The number of carboxylic acid groups (broad SMARTS) is 1. The summed E-state index contributed by atoms with van der Waals surface area (Å²) in [6, 6.07) is 6.89. The van der Waals surface area contributed by atoms with E-state index >= 15 is 0 Å². The summed E-state index contributed by atoms with van der Waals surface area (Å²) < 4.78 is 0. The van der Waals surface area contributed by atoms with Gasteiger partial charge in [-0.25, -0.2) is 4.79 Å². The van der Waals surface area contributed by atoms with E-state index in [1.54, 1.807) is 24.3 Å². The molecule has 0 heterocycles. The zero-order chi connectivity index (χ0) is 21.1. The second-order valence-corrected chi connectivity index (χ2v) is 7.00. The fourth-order valence-corrected chi connectivity index (χ4v) is 2.67. The van der Waals surface area contributed by atoms with Gasteiger partial charge in [-0.1, -0.05) is 51.1 Å². The molecule has 2 unspecified atom stereocenters. The summed E-state index contributed by atoms with van der Waals surface area (Å²) in [6.45, 7) is 5.93. The number of amides is 3. The van der Waals surface area contributed by atoms with Gasteiger partial charge < -0.3 is 21.1 Å². The van der Waals surface area contributed by atoms with Crippen molar-refractivity contribution in [2.75, 3.05) is 6.54 Å². The molecule has 1 aromatic carbocycles. The fourth-order valence-electron chi connectivity index (χ4n) is 2.67. The highest BCUT2D eigenvalue weighted by Gasteiger charge is 2.30. The molecule has 3 amide bonds. The van der Waals surface area contributed by atoms with E-state index in [1.807, 2.05) is 26.8 Å². The monoisotopic (exact) mass is 391 g/mol. The SMILES string of the molecule is CCCNC(=O)C(=O)C(Cc1ccccc1)NC(=O)C(CC(C)C)NC(=O)O. The first-order valence-electron chi connectivity index (χ1n) is 9.40. The Kier molecular flexibility index (Phi) is 9.70. The minimum Gasteiger partial charge on any atom is -0.465 e. The summed E-state index contributed by atoms with van der Waals surface area (Å²) in [7, 11) is 0. The quantitative estimate of drug-likeness (QED) is 0.425. The van der Waals surface area contributed by atoms with Gasteiger partial charge in [0, 0.05) is 13.0 Å². The highest BCUT2D eigenvalue weighted by atomic mass is 16.4. The molecule has 8 heteroatoms. The Hall–Kier alpha value is -2.90. The van der Waals surface area contributed by atoms with Crippen molar-refractivity contribution >= 4 is 23.7 Å². The van der Waals surface area contributed by atoms with Crippen LogP contribution in [0.4, 0.5) is 4.79 Å². The molecule has 0 fully saturated rings. The molecule has 1 rings (SSSR count). The molecule has 4 N–H and O–H groups in total. The summed E-state index contributed by atoms with van der Waals surface area (Å²) in [5.41, 5.74) is 0.774. The predicted octanol–water partition coefficient (Wildman–Crippen LogP) is 1.49. The van der Waals surface area contributed by atoms with Crippen LogP contribution in [0.25, 0.3) is 0 Å². The number of ketones is 1. The smallest absolute Gasteiger partial charge is 0.405 e. The second kappa shape index (κ2) is 11.7. The number of hydrogen-bond acceptors (Lipinski definition) is 4. The molecule has 0 bridgehead atoms. The lowest BCUT2D eigenvalue weighted by atomic mass is 9.99. The van der Waals surface area contributed by atoms with E-state index in [0.717, 1.165) is 5.56 Å². The lowest BCUT2D eigenvalue weighted by Gasteiger charge is -2.23. The van der Waals surface area contributed by atoms with Gasteiger partial charge in [0.15, 0.2) is 0 Å². The topological polar surface area (TPSA) is 125 Å². The Balaban J connectivity index is 2.98. The molecule has 1 aromatic rings. The van der Waals surface area contributed by atoms with Crippen molar-refractivity contribution in [2.24, 2.45) is 5.92 Å². The van der Waals surface area contributed by atoms with Gasteiger partial charge in [-0.3, -0.25) is 14.4 Å². The maximum Gasteiger partial charge on any atom is 0.405 e. The summed E-state index contributed by atoms with van der Waals surface area (Å²) >= 11 is 0. The molecule has 154 valence electrons. The maximum atomic E-state index is 12.6. The fraction of sp³-hybridized carbons (Fsp3) is 0.500. The minimum absolute atomic E-state index is 0.0544. The normalized spacial score (nSPS) is 12.7. The zero-order valence-corrected chi connectivity index (χ0v) is 16.5. The summed E-state index contributed by atoms with van der Waals surface area (Å²) in [4.78, 5) is 48.4. The van der Waals surface area contributed by atoms with Crippen LogP contribution in [0.1, 0.15) is 39.2 Å². The highest BCUT2D eigenvalue weighted by molar-refractivity contribution is 6.38.